The highest BCUT2D eigenvalue weighted by Crippen LogP contribution is 2.40. The lowest BCUT2D eigenvalue weighted by molar-refractivity contribution is -0.140. The number of hydrogen-bond donors (Lipinski definition) is 1. The van der Waals surface area contributed by atoms with Gasteiger partial charge in [0.05, 0.1) is 24.8 Å². The van der Waals surface area contributed by atoms with Crippen LogP contribution in [0.5, 0.6) is 5.75 Å². The van der Waals surface area contributed by atoms with Gasteiger partial charge >= 0.3 is 0 Å². The fraction of sp³-hybridized carbons (Fsp3) is 0.407. The van der Waals surface area contributed by atoms with E-state index < -0.39 is 17.7 Å². The summed E-state index contributed by atoms with van der Waals surface area (Å²) in [4.78, 5) is 27.8. The lowest BCUT2D eigenvalue weighted by Crippen LogP contribution is -2.36. The maximum absolute atomic E-state index is 13.2. The van der Waals surface area contributed by atoms with Gasteiger partial charge < -0.3 is 19.5 Å². The fourth-order valence-corrected chi connectivity index (χ4v) is 4.49. The minimum Gasteiger partial charge on any atom is -0.507 e. The Morgan fingerprint density at radius 3 is 2.30 bits per heavy atom. The zero-order chi connectivity index (χ0) is 23.8. The number of rotatable bonds is 5. The zero-order valence-electron chi connectivity index (χ0n) is 19.6. The molecule has 0 aromatic heterocycles. The van der Waals surface area contributed by atoms with Gasteiger partial charge in [-0.05, 0) is 53.6 Å². The number of amides is 1. The third-order valence-electron chi connectivity index (χ3n) is 6.42. The van der Waals surface area contributed by atoms with Gasteiger partial charge in [-0.2, -0.15) is 0 Å². The molecule has 2 heterocycles. The number of aliphatic hydroxyl groups excluding tert-OH is 1. The molecular weight excluding hydrogens is 418 g/mol. The summed E-state index contributed by atoms with van der Waals surface area (Å²) in [6.07, 6.45) is 1.67. The second-order valence-electron chi connectivity index (χ2n) is 9.69. The van der Waals surface area contributed by atoms with E-state index in [1.54, 1.807) is 36.3 Å². The summed E-state index contributed by atoms with van der Waals surface area (Å²) < 4.78 is 10.9. The summed E-state index contributed by atoms with van der Waals surface area (Å²) in [7, 11) is 1.56. The second kappa shape index (κ2) is 9.02. The average molecular weight is 450 g/mol. The van der Waals surface area contributed by atoms with Gasteiger partial charge in [0.15, 0.2) is 0 Å². The Morgan fingerprint density at radius 1 is 1.09 bits per heavy atom. The molecule has 1 amide bonds. The molecule has 2 saturated heterocycles. The van der Waals surface area contributed by atoms with Crippen LogP contribution < -0.4 is 4.74 Å². The molecular formula is C27H31NO5. The summed E-state index contributed by atoms with van der Waals surface area (Å²) in [5.74, 6) is -0.827. The Balaban J connectivity index is 1.80. The molecule has 2 atom stereocenters. The summed E-state index contributed by atoms with van der Waals surface area (Å²) in [6, 6.07) is 14.1. The number of benzene rings is 2. The van der Waals surface area contributed by atoms with E-state index in [-0.39, 0.29) is 22.9 Å². The number of methoxy groups -OCH3 is 1. The van der Waals surface area contributed by atoms with Crippen molar-refractivity contribution in [3.8, 4) is 5.75 Å². The number of hydrogen-bond acceptors (Lipinski definition) is 5. The number of carbonyl (C=O) groups excluding carboxylic acids is 2. The van der Waals surface area contributed by atoms with Gasteiger partial charge in [-0.25, -0.2) is 0 Å². The van der Waals surface area contributed by atoms with Crippen LogP contribution in [0.4, 0.5) is 0 Å². The molecule has 6 nitrogen and oxygen atoms in total. The molecule has 0 spiro atoms. The van der Waals surface area contributed by atoms with Crippen LogP contribution in [0.3, 0.4) is 0 Å². The van der Waals surface area contributed by atoms with Crippen LogP contribution in [-0.2, 0) is 19.7 Å². The van der Waals surface area contributed by atoms with Crippen LogP contribution in [0.2, 0.25) is 0 Å². The van der Waals surface area contributed by atoms with E-state index >= 15 is 0 Å². The van der Waals surface area contributed by atoms with Gasteiger partial charge in [0.2, 0.25) is 0 Å². The lowest BCUT2D eigenvalue weighted by Gasteiger charge is -2.28. The fourth-order valence-electron chi connectivity index (χ4n) is 4.49. The van der Waals surface area contributed by atoms with Gasteiger partial charge in [0.1, 0.15) is 11.5 Å². The highest BCUT2D eigenvalue weighted by Gasteiger charge is 2.47. The van der Waals surface area contributed by atoms with Crippen LogP contribution in [-0.4, -0.2) is 48.1 Å². The SMILES string of the molecule is COc1ccc(/C(O)=C2/C(=O)C(=O)N(CC3CCCO3)C2c2ccc(C(C)(C)C)cc2)cc1. The summed E-state index contributed by atoms with van der Waals surface area (Å²) in [5, 5.41) is 11.2. The normalized spacial score (nSPS) is 22.7. The minimum absolute atomic E-state index is 0.0267. The topological polar surface area (TPSA) is 76.1 Å². The molecule has 2 aliphatic heterocycles. The van der Waals surface area contributed by atoms with Crippen LogP contribution in [0.1, 0.15) is 56.3 Å². The van der Waals surface area contributed by atoms with Crippen molar-refractivity contribution in [3.63, 3.8) is 0 Å². The predicted octanol–water partition coefficient (Wildman–Crippen LogP) is 4.59. The molecule has 2 unspecified atom stereocenters. The average Bonchev–Trinajstić information content (AvgIpc) is 3.40. The molecule has 1 N–H and O–H groups in total. The first-order valence-electron chi connectivity index (χ1n) is 11.4. The molecule has 0 saturated carbocycles. The van der Waals surface area contributed by atoms with Gasteiger partial charge in [0, 0.05) is 18.7 Å². The molecule has 33 heavy (non-hydrogen) atoms. The van der Waals surface area contributed by atoms with Crippen molar-refractivity contribution in [2.24, 2.45) is 0 Å². The van der Waals surface area contributed by atoms with Crippen molar-refractivity contribution in [3.05, 3.63) is 70.8 Å². The van der Waals surface area contributed by atoms with Gasteiger partial charge in [-0.15, -0.1) is 0 Å². The number of carbonyl (C=O) groups is 2. The van der Waals surface area contributed by atoms with Crippen LogP contribution in [0, 0.1) is 0 Å². The molecule has 2 fully saturated rings. The lowest BCUT2D eigenvalue weighted by atomic mass is 9.85. The third kappa shape index (κ3) is 4.53. The first-order chi connectivity index (χ1) is 15.7. The standard InChI is InChI=1S/C27H31NO5/c1-27(2,3)19-11-7-17(8-12-19)23-22(24(29)18-9-13-20(32-4)14-10-18)25(30)26(31)28(23)16-21-6-5-15-33-21/h7-14,21,23,29H,5-6,15-16H2,1-4H3/b24-22-. The number of likely N-dealkylation sites (tertiary alicyclic amines) is 1. The first-order valence-corrected chi connectivity index (χ1v) is 11.4. The van der Waals surface area contributed by atoms with Gasteiger partial charge in [-0.3, -0.25) is 9.59 Å². The zero-order valence-corrected chi connectivity index (χ0v) is 19.6. The Kier molecular flexibility index (Phi) is 6.30. The molecule has 2 aromatic rings. The van der Waals surface area contributed by atoms with Crippen LogP contribution in [0.15, 0.2) is 54.1 Å². The number of aliphatic hydroxyl groups is 1. The Bertz CT molecular complexity index is 1060. The van der Waals surface area contributed by atoms with E-state index in [2.05, 4.69) is 20.8 Å². The quantitative estimate of drug-likeness (QED) is 0.410. The number of ketones is 1. The highest BCUT2D eigenvalue weighted by atomic mass is 16.5. The van der Waals surface area contributed by atoms with E-state index in [0.29, 0.717) is 24.5 Å². The predicted molar refractivity (Wildman–Crippen MR) is 126 cm³/mol. The Hall–Kier alpha value is -3.12. The number of Topliss-reactive ketones (excluding diaryl/α,β-unsaturated/α-hetero) is 1. The first kappa shape index (κ1) is 23.1. The van der Waals surface area contributed by atoms with Gasteiger partial charge in [0.25, 0.3) is 11.7 Å². The second-order valence-corrected chi connectivity index (χ2v) is 9.69. The maximum atomic E-state index is 13.2. The molecule has 0 aliphatic carbocycles. The van der Waals surface area contributed by atoms with Crippen LogP contribution in [0.25, 0.3) is 5.76 Å². The Morgan fingerprint density at radius 2 is 1.76 bits per heavy atom. The molecule has 2 aliphatic rings. The summed E-state index contributed by atoms with van der Waals surface area (Å²) in [6.45, 7) is 7.38. The van der Waals surface area contributed by atoms with Crippen LogP contribution >= 0.6 is 0 Å². The van der Waals surface area contributed by atoms with Crippen molar-refractivity contribution >= 4 is 17.4 Å². The van der Waals surface area contributed by atoms with E-state index in [1.165, 1.54) is 0 Å². The monoisotopic (exact) mass is 449 g/mol. The molecule has 0 bridgehead atoms. The molecule has 6 heteroatoms. The van der Waals surface area contributed by atoms with E-state index in [9.17, 15) is 14.7 Å². The number of ether oxygens (including phenoxy) is 2. The third-order valence-corrected chi connectivity index (χ3v) is 6.42. The highest BCUT2D eigenvalue weighted by molar-refractivity contribution is 6.46. The maximum Gasteiger partial charge on any atom is 0.295 e. The van der Waals surface area contributed by atoms with Crippen molar-refractivity contribution in [1.29, 1.82) is 0 Å². The molecule has 0 radical (unpaired) electrons. The van der Waals surface area contributed by atoms with E-state index in [0.717, 1.165) is 24.0 Å². The summed E-state index contributed by atoms with van der Waals surface area (Å²) in [5.41, 5.74) is 2.47. The van der Waals surface area contributed by atoms with Crippen molar-refractivity contribution in [2.75, 3.05) is 20.3 Å². The largest absolute Gasteiger partial charge is 0.507 e. The molecule has 2 aromatic carbocycles. The molecule has 174 valence electrons. The van der Waals surface area contributed by atoms with Crippen molar-refractivity contribution in [2.45, 2.75) is 51.2 Å². The number of nitrogens with zero attached hydrogens (tertiary/aromatic N) is 1. The Labute approximate surface area is 194 Å². The molecule has 4 rings (SSSR count). The van der Waals surface area contributed by atoms with E-state index in [1.807, 2.05) is 24.3 Å². The van der Waals surface area contributed by atoms with Crippen molar-refractivity contribution < 1.29 is 24.2 Å². The van der Waals surface area contributed by atoms with Crippen molar-refractivity contribution in [1.82, 2.24) is 4.90 Å². The van der Waals surface area contributed by atoms with Gasteiger partial charge in [-0.1, -0.05) is 45.0 Å². The van der Waals surface area contributed by atoms with E-state index in [4.69, 9.17) is 9.47 Å². The minimum atomic E-state index is -0.676. The summed E-state index contributed by atoms with van der Waals surface area (Å²) >= 11 is 0. The smallest absolute Gasteiger partial charge is 0.295 e.